The fourth-order valence-corrected chi connectivity index (χ4v) is 3.10. The molecule has 0 spiro atoms. The van der Waals surface area contributed by atoms with Gasteiger partial charge in [0.1, 0.15) is 27.5 Å². The van der Waals surface area contributed by atoms with Gasteiger partial charge in [-0.1, -0.05) is 23.7 Å². The van der Waals surface area contributed by atoms with E-state index in [0.29, 0.717) is 14.9 Å². The van der Waals surface area contributed by atoms with Crippen LogP contribution in [0, 0.1) is 17.1 Å². The first-order valence-corrected chi connectivity index (χ1v) is 8.59. The molecule has 130 valence electrons. The Bertz CT molecular complexity index is 1010. The monoisotopic (exact) mass is 387 g/mol. The Labute approximate surface area is 157 Å². The maximum absolute atomic E-state index is 14.4. The van der Waals surface area contributed by atoms with Crippen molar-refractivity contribution < 1.29 is 14.3 Å². The lowest BCUT2D eigenvalue weighted by atomic mass is 10.1. The third-order valence-corrected chi connectivity index (χ3v) is 4.73. The number of nitrogens with one attached hydrogen (secondary N) is 1. The second-order valence-corrected chi connectivity index (χ2v) is 6.77. The summed E-state index contributed by atoms with van der Waals surface area (Å²) in [6.45, 7) is 0.190. The van der Waals surface area contributed by atoms with Gasteiger partial charge in [0.15, 0.2) is 0 Å². The number of carbonyl (C=O) groups is 1. The number of amides is 1. The molecule has 8 heteroatoms. The number of aromatic hydroxyl groups is 1. The summed E-state index contributed by atoms with van der Waals surface area (Å²) in [5, 5.41) is 22.4. The number of carbonyl (C=O) groups excluding carboxylic acids is 1. The molecule has 0 aliphatic heterocycles. The van der Waals surface area contributed by atoms with Crippen molar-refractivity contribution in [3.63, 3.8) is 0 Å². The summed E-state index contributed by atoms with van der Waals surface area (Å²) in [5.74, 6) is -1.74. The molecule has 1 aromatic heterocycles. The molecule has 0 radical (unpaired) electrons. The van der Waals surface area contributed by atoms with E-state index in [2.05, 4.69) is 10.3 Å². The molecule has 0 aliphatic rings. The number of halogens is 2. The van der Waals surface area contributed by atoms with E-state index in [1.54, 1.807) is 24.3 Å². The minimum Gasteiger partial charge on any atom is -0.507 e. The molecule has 1 heterocycles. The molecule has 0 saturated heterocycles. The molecule has 0 bridgehead atoms. The standard InChI is InChI=1S/C18H11ClFN3O2S/c19-11-3-1-10(2-4-11)8-22-17(25)13-6-16(24)14(5-15(13)20)18-23-9-12(7-21)26-18/h1-6,9,24H,8H2,(H,22,25). The molecule has 2 N–H and O–H groups in total. The molecule has 5 nitrogen and oxygen atoms in total. The molecule has 0 atom stereocenters. The maximum atomic E-state index is 14.4. The third-order valence-electron chi connectivity index (χ3n) is 3.54. The summed E-state index contributed by atoms with van der Waals surface area (Å²) in [4.78, 5) is 16.5. The van der Waals surface area contributed by atoms with Crippen LogP contribution in [-0.2, 0) is 6.54 Å². The number of phenolic OH excluding ortho intramolecular Hbond substituents is 1. The Morgan fingerprint density at radius 2 is 2.08 bits per heavy atom. The summed E-state index contributed by atoms with van der Waals surface area (Å²) < 4.78 is 14.4. The van der Waals surface area contributed by atoms with Crippen LogP contribution in [0.5, 0.6) is 5.75 Å². The van der Waals surface area contributed by atoms with Crippen LogP contribution in [0.15, 0.2) is 42.6 Å². The molecule has 0 saturated carbocycles. The zero-order chi connectivity index (χ0) is 18.7. The van der Waals surface area contributed by atoms with Crippen LogP contribution in [0.4, 0.5) is 4.39 Å². The van der Waals surface area contributed by atoms with Crippen molar-refractivity contribution in [2.45, 2.75) is 6.54 Å². The topological polar surface area (TPSA) is 86.0 Å². The van der Waals surface area contributed by atoms with Crippen LogP contribution >= 0.6 is 22.9 Å². The number of rotatable bonds is 4. The van der Waals surface area contributed by atoms with Crippen molar-refractivity contribution in [3.05, 3.63) is 69.4 Å². The van der Waals surface area contributed by atoms with E-state index < -0.39 is 11.7 Å². The molecule has 0 fully saturated rings. The minimum atomic E-state index is -0.792. The fourth-order valence-electron chi connectivity index (χ4n) is 2.24. The number of nitriles is 1. The second-order valence-electron chi connectivity index (χ2n) is 5.30. The average molecular weight is 388 g/mol. The van der Waals surface area contributed by atoms with Gasteiger partial charge in [-0.3, -0.25) is 4.79 Å². The number of hydrogen-bond acceptors (Lipinski definition) is 5. The van der Waals surface area contributed by atoms with E-state index in [4.69, 9.17) is 16.9 Å². The Hall–Kier alpha value is -2.95. The quantitative estimate of drug-likeness (QED) is 0.705. The van der Waals surface area contributed by atoms with E-state index in [9.17, 15) is 14.3 Å². The van der Waals surface area contributed by atoms with Crippen LogP contribution in [0.2, 0.25) is 5.02 Å². The Morgan fingerprint density at radius 3 is 2.73 bits per heavy atom. The van der Waals surface area contributed by atoms with Gasteiger partial charge in [0, 0.05) is 11.6 Å². The summed E-state index contributed by atoms with van der Waals surface area (Å²) in [7, 11) is 0. The lowest BCUT2D eigenvalue weighted by Crippen LogP contribution is -2.23. The van der Waals surface area contributed by atoms with Crippen molar-refractivity contribution in [1.29, 1.82) is 5.26 Å². The van der Waals surface area contributed by atoms with Gasteiger partial charge in [0.2, 0.25) is 0 Å². The Balaban J connectivity index is 1.79. The second kappa shape index (κ2) is 7.52. The van der Waals surface area contributed by atoms with Gasteiger partial charge in [0.05, 0.1) is 17.3 Å². The fraction of sp³-hybridized carbons (Fsp3) is 0.0556. The molecule has 26 heavy (non-hydrogen) atoms. The highest BCUT2D eigenvalue weighted by Gasteiger charge is 2.18. The number of benzene rings is 2. The first kappa shape index (κ1) is 17.9. The number of aromatic nitrogens is 1. The molecular formula is C18H11ClFN3O2S. The first-order valence-electron chi connectivity index (χ1n) is 7.39. The highest BCUT2D eigenvalue weighted by molar-refractivity contribution is 7.15. The maximum Gasteiger partial charge on any atom is 0.254 e. The van der Waals surface area contributed by atoms with Crippen LogP contribution in [-0.4, -0.2) is 16.0 Å². The molecule has 1 amide bonds. The predicted molar refractivity (Wildman–Crippen MR) is 96.5 cm³/mol. The van der Waals surface area contributed by atoms with Crippen LogP contribution in [0.1, 0.15) is 20.8 Å². The SMILES string of the molecule is N#Cc1cnc(-c2cc(F)c(C(=O)NCc3ccc(Cl)cc3)cc2O)s1. The van der Waals surface area contributed by atoms with Gasteiger partial charge < -0.3 is 10.4 Å². The molecule has 2 aromatic carbocycles. The van der Waals surface area contributed by atoms with E-state index in [1.165, 1.54) is 6.20 Å². The number of thiazole rings is 1. The van der Waals surface area contributed by atoms with Gasteiger partial charge in [-0.2, -0.15) is 5.26 Å². The van der Waals surface area contributed by atoms with Crippen LogP contribution in [0.25, 0.3) is 10.6 Å². The third kappa shape index (κ3) is 3.82. The molecular weight excluding hydrogens is 377 g/mol. The van der Waals surface area contributed by atoms with Crippen LogP contribution < -0.4 is 5.32 Å². The van der Waals surface area contributed by atoms with Gasteiger partial charge in [-0.15, -0.1) is 11.3 Å². The highest BCUT2D eigenvalue weighted by atomic mass is 35.5. The zero-order valence-electron chi connectivity index (χ0n) is 13.2. The molecule has 3 aromatic rings. The summed E-state index contributed by atoms with van der Waals surface area (Å²) in [6, 6.07) is 10.9. The van der Waals surface area contributed by atoms with Gasteiger partial charge in [0.25, 0.3) is 5.91 Å². The normalized spacial score (nSPS) is 10.3. The van der Waals surface area contributed by atoms with E-state index in [1.807, 2.05) is 6.07 Å². The van der Waals surface area contributed by atoms with Gasteiger partial charge in [-0.25, -0.2) is 9.37 Å². The summed E-state index contributed by atoms with van der Waals surface area (Å²) >= 11 is 6.82. The van der Waals surface area contributed by atoms with Crippen molar-refractivity contribution in [1.82, 2.24) is 10.3 Å². The van der Waals surface area contributed by atoms with Crippen LogP contribution in [0.3, 0.4) is 0 Å². The van der Waals surface area contributed by atoms with Gasteiger partial charge in [-0.05, 0) is 29.8 Å². The highest BCUT2D eigenvalue weighted by Crippen LogP contribution is 2.34. The molecule has 0 aliphatic carbocycles. The largest absolute Gasteiger partial charge is 0.507 e. The lowest BCUT2D eigenvalue weighted by Gasteiger charge is -2.09. The van der Waals surface area contributed by atoms with E-state index in [-0.39, 0.29) is 23.4 Å². The average Bonchev–Trinajstić information content (AvgIpc) is 3.11. The van der Waals surface area contributed by atoms with Gasteiger partial charge >= 0.3 is 0 Å². The Morgan fingerprint density at radius 1 is 1.35 bits per heavy atom. The Kier molecular flexibility index (Phi) is 5.16. The minimum absolute atomic E-state index is 0.128. The number of hydrogen-bond donors (Lipinski definition) is 2. The zero-order valence-corrected chi connectivity index (χ0v) is 14.7. The molecule has 3 rings (SSSR count). The first-order chi connectivity index (χ1) is 12.5. The van der Waals surface area contributed by atoms with Crippen molar-refractivity contribution in [2.24, 2.45) is 0 Å². The summed E-state index contributed by atoms with van der Waals surface area (Å²) in [5.41, 5.74) is 0.649. The van der Waals surface area contributed by atoms with Crippen molar-refractivity contribution in [3.8, 4) is 22.4 Å². The smallest absolute Gasteiger partial charge is 0.254 e. The lowest BCUT2D eigenvalue weighted by molar-refractivity contribution is 0.0946. The van der Waals surface area contributed by atoms with E-state index in [0.717, 1.165) is 29.0 Å². The summed E-state index contributed by atoms with van der Waals surface area (Å²) in [6.07, 6.45) is 1.34. The molecule has 0 unspecified atom stereocenters. The predicted octanol–water partition coefficient (Wildman–Crippen LogP) is 4.11. The van der Waals surface area contributed by atoms with Crippen molar-refractivity contribution >= 4 is 28.8 Å². The van der Waals surface area contributed by atoms with E-state index >= 15 is 0 Å². The van der Waals surface area contributed by atoms with Crippen molar-refractivity contribution in [2.75, 3.05) is 0 Å². The number of nitrogens with zero attached hydrogens (tertiary/aromatic N) is 2. The number of phenols is 1.